The summed E-state index contributed by atoms with van der Waals surface area (Å²) in [5, 5.41) is 3.42. The minimum Gasteiger partial charge on any atom is -0.367 e. The third-order valence-corrected chi connectivity index (χ3v) is 2.79. The Labute approximate surface area is 105 Å². The number of rotatable bonds is 3. The molecular weight excluding hydrogens is 236 g/mol. The Morgan fingerprint density at radius 1 is 1.41 bits per heavy atom. The molecule has 0 unspecified atom stereocenters. The van der Waals surface area contributed by atoms with Gasteiger partial charge < -0.3 is 10.3 Å². The van der Waals surface area contributed by atoms with E-state index in [-0.39, 0.29) is 5.91 Å². The van der Waals surface area contributed by atoms with Crippen molar-refractivity contribution < 1.29 is 4.79 Å². The molecule has 2 rings (SSSR count). The lowest BCUT2D eigenvalue weighted by atomic mass is 10.1. The zero-order valence-electron chi connectivity index (χ0n) is 9.46. The van der Waals surface area contributed by atoms with Crippen LogP contribution < -0.4 is 5.32 Å². The quantitative estimate of drug-likeness (QED) is 0.862. The van der Waals surface area contributed by atoms with Crippen molar-refractivity contribution in [2.24, 2.45) is 0 Å². The highest BCUT2D eigenvalue weighted by Gasteiger charge is 2.09. The number of halogens is 1. The summed E-state index contributed by atoms with van der Waals surface area (Å²) in [6.45, 7) is 2.40. The second kappa shape index (κ2) is 5.06. The lowest BCUT2D eigenvalue weighted by Gasteiger charge is -2.07. The summed E-state index contributed by atoms with van der Waals surface area (Å²) in [7, 11) is 0. The Morgan fingerprint density at radius 2 is 2.24 bits per heavy atom. The SMILES string of the molecule is Cc1ccc(Cl)cc1C(=O)NCc1cc[nH]c1. The van der Waals surface area contributed by atoms with Gasteiger partial charge in [0.1, 0.15) is 0 Å². The van der Waals surface area contributed by atoms with Crippen LogP contribution in [0, 0.1) is 6.92 Å². The molecule has 1 aromatic carbocycles. The molecule has 17 heavy (non-hydrogen) atoms. The number of amides is 1. The van der Waals surface area contributed by atoms with Crippen LogP contribution in [0.3, 0.4) is 0 Å². The summed E-state index contributed by atoms with van der Waals surface area (Å²) in [6.07, 6.45) is 3.68. The zero-order chi connectivity index (χ0) is 12.3. The predicted molar refractivity (Wildman–Crippen MR) is 68.2 cm³/mol. The van der Waals surface area contributed by atoms with E-state index in [1.165, 1.54) is 0 Å². The van der Waals surface area contributed by atoms with Crippen LogP contribution in [0.2, 0.25) is 5.02 Å². The van der Waals surface area contributed by atoms with Crippen molar-refractivity contribution in [3.63, 3.8) is 0 Å². The average Bonchev–Trinajstić information content (AvgIpc) is 2.82. The molecule has 0 aliphatic heterocycles. The third kappa shape index (κ3) is 2.88. The van der Waals surface area contributed by atoms with Crippen molar-refractivity contribution in [1.82, 2.24) is 10.3 Å². The molecule has 1 heterocycles. The van der Waals surface area contributed by atoms with Crippen molar-refractivity contribution in [2.75, 3.05) is 0 Å². The molecule has 3 nitrogen and oxygen atoms in total. The summed E-state index contributed by atoms with van der Waals surface area (Å²) in [5.41, 5.74) is 2.58. The monoisotopic (exact) mass is 248 g/mol. The Kier molecular flexibility index (Phi) is 3.49. The maximum Gasteiger partial charge on any atom is 0.251 e. The molecule has 1 aromatic heterocycles. The summed E-state index contributed by atoms with van der Waals surface area (Å²) in [4.78, 5) is 14.9. The fraction of sp³-hybridized carbons (Fsp3) is 0.154. The number of aryl methyl sites for hydroxylation is 1. The highest BCUT2D eigenvalue weighted by molar-refractivity contribution is 6.31. The second-order valence-electron chi connectivity index (χ2n) is 3.86. The largest absolute Gasteiger partial charge is 0.367 e. The number of carbonyl (C=O) groups is 1. The molecule has 1 amide bonds. The van der Waals surface area contributed by atoms with Gasteiger partial charge in [-0.05, 0) is 36.2 Å². The molecule has 4 heteroatoms. The molecule has 0 aliphatic rings. The lowest BCUT2D eigenvalue weighted by Crippen LogP contribution is -2.23. The van der Waals surface area contributed by atoms with Crippen molar-refractivity contribution in [2.45, 2.75) is 13.5 Å². The first kappa shape index (κ1) is 11.7. The first-order valence-corrected chi connectivity index (χ1v) is 5.70. The Morgan fingerprint density at radius 3 is 2.94 bits per heavy atom. The first-order valence-electron chi connectivity index (χ1n) is 5.33. The van der Waals surface area contributed by atoms with Gasteiger partial charge in [0.2, 0.25) is 0 Å². The Balaban J connectivity index is 2.07. The van der Waals surface area contributed by atoms with Crippen LogP contribution in [0.15, 0.2) is 36.7 Å². The molecule has 0 fully saturated rings. The molecule has 0 spiro atoms. The number of carbonyl (C=O) groups excluding carboxylic acids is 1. The number of benzene rings is 1. The van der Waals surface area contributed by atoms with E-state index >= 15 is 0 Å². The number of nitrogens with one attached hydrogen (secondary N) is 2. The molecule has 0 saturated heterocycles. The average molecular weight is 249 g/mol. The van der Waals surface area contributed by atoms with Crippen molar-refractivity contribution in [1.29, 1.82) is 0 Å². The standard InChI is InChI=1S/C13H13ClN2O/c1-9-2-3-11(14)6-12(9)13(17)16-8-10-4-5-15-7-10/h2-7,15H,8H2,1H3,(H,16,17). The van der Waals surface area contributed by atoms with Gasteiger partial charge >= 0.3 is 0 Å². The van der Waals surface area contributed by atoms with Crippen LogP contribution in [0.25, 0.3) is 0 Å². The zero-order valence-corrected chi connectivity index (χ0v) is 10.2. The summed E-state index contributed by atoms with van der Waals surface area (Å²) < 4.78 is 0. The Bertz CT molecular complexity index is 520. The summed E-state index contributed by atoms with van der Waals surface area (Å²) in [5.74, 6) is -0.105. The second-order valence-corrected chi connectivity index (χ2v) is 4.30. The highest BCUT2D eigenvalue weighted by atomic mass is 35.5. The number of H-pyrrole nitrogens is 1. The van der Waals surface area contributed by atoms with Crippen LogP contribution in [0.1, 0.15) is 21.5 Å². The van der Waals surface area contributed by atoms with Crippen molar-refractivity contribution >= 4 is 17.5 Å². The topological polar surface area (TPSA) is 44.9 Å². The van der Waals surface area contributed by atoms with Crippen LogP contribution in [-0.2, 0) is 6.54 Å². The fourth-order valence-electron chi connectivity index (χ4n) is 1.58. The van der Waals surface area contributed by atoms with Gasteiger partial charge in [0, 0.05) is 29.5 Å². The van der Waals surface area contributed by atoms with E-state index in [0.717, 1.165) is 11.1 Å². The number of aromatic nitrogens is 1. The van der Waals surface area contributed by atoms with Crippen molar-refractivity contribution in [3.8, 4) is 0 Å². The van der Waals surface area contributed by atoms with Gasteiger partial charge in [0.25, 0.3) is 5.91 Å². The number of hydrogen-bond acceptors (Lipinski definition) is 1. The Hall–Kier alpha value is -1.74. The van der Waals surface area contributed by atoms with E-state index in [1.54, 1.807) is 12.1 Å². The van der Waals surface area contributed by atoms with Crippen molar-refractivity contribution in [3.05, 3.63) is 58.4 Å². The van der Waals surface area contributed by atoms with Crippen LogP contribution in [0.5, 0.6) is 0 Å². The van der Waals surface area contributed by atoms with E-state index < -0.39 is 0 Å². The van der Waals surface area contributed by atoms with Gasteiger partial charge in [-0.3, -0.25) is 4.79 Å². The minimum atomic E-state index is -0.105. The lowest BCUT2D eigenvalue weighted by molar-refractivity contribution is 0.0950. The summed E-state index contributed by atoms with van der Waals surface area (Å²) in [6, 6.07) is 7.22. The van der Waals surface area contributed by atoms with Gasteiger partial charge in [-0.25, -0.2) is 0 Å². The third-order valence-electron chi connectivity index (χ3n) is 2.56. The van der Waals surface area contributed by atoms with E-state index in [0.29, 0.717) is 17.1 Å². The number of aromatic amines is 1. The molecule has 0 bridgehead atoms. The van der Waals surface area contributed by atoms with E-state index in [1.807, 2.05) is 31.5 Å². The van der Waals surface area contributed by atoms with Crippen LogP contribution in [-0.4, -0.2) is 10.9 Å². The molecule has 0 atom stereocenters. The predicted octanol–water partition coefficient (Wildman–Crippen LogP) is 2.91. The molecule has 0 saturated carbocycles. The van der Waals surface area contributed by atoms with Crippen LogP contribution >= 0.6 is 11.6 Å². The van der Waals surface area contributed by atoms with E-state index in [2.05, 4.69) is 10.3 Å². The molecule has 0 aliphatic carbocycles. The van der Waals surface area contributed by atoms with E-state index in [4.69, 9.17) is 11.6 Å². The van der Waals surface area contributed by atoms with E-state index in [9.17, 15) is 4.79 Å². The van der Waals surface area contributed by atoms with Gasteiger partial charge in [0.05, 0.1) is 0 Å². The molecule has 2 aromatic rings. The maximum absolute atomic E-state index is 11.9. The molecule has 0 radical (unpaired) electrons. The first-order chi connectivity index (χ1) is 8.16. The maximum atomic E-state index is 11.9. The summed E-state index contributed by atoms with van der Waals surface area (Å²) >= 11 is 5.88. The van der Waals surface area contributed by atoms with Gasteiger partial charge in [-0.1, -0.05) is 17.7 Å². The minimum absolute atomic E-state index is 0.105. The number of hydrogen-bond donors (Lipinski definition) is 2. The normalized spacial score (nSPS) is 10.2. The van der Waals surface area contributed by atoms with Gasteiger partial charge in [0.15, 0.2) is 0 Å². The van der Waals surface area contributed by atoms with Crippen LogP contribution in [0.4, 0.5) is 0 Å². The molecule has 2 N–H and O–H groups in total. The fourth-order valence-corrected chi connectivity index (χ4v) is 1.76. The van der Waals surface area contributed by atoms with Gasteiger partial charge in [-0.15, -0.1) is 0 Å². The highest BCUT2D eigenvalue weighted by Crippen LogP contribution is 2.15. The molecular formula is C13H13ClN2O. The van der Waals surface area contributed by atoms with Gasteiger partial charge in [-0.2, -0.15) is 0 Å². The smallest absolute Gasteiger partial charge is 0.251 e. The molecule has 88 valence electrons.